The fraction of sp³-hybridized carbons (Fsp3) is 0.460. The molecular formula is C63H75F3N8O22S3. The first kappa shape index (κ1) is 77.7. The summed E-state index contributed by atoms with van der Waals surface area (Å²) in [4.78, 5) is 126. The Morgan fingerprint density at radius 3 is 1.96 bits per heavy atom. The predicted molar refractivity (Wildman–Crippen MR) is 349 cm³/mol. The van der Waals surface area contributed by atoms with E-state index in [0.29, 0.717) is 54.0 Å². The van der Waals surface area contributed by atoms with Gasteiger partial charge in [-0.15, -0.1) is 11.8 Å². The summed E-state index contributed by atoms with van der Waals surface area (Å²) in [5, 5.41) is 46.8. The number of nitrogens with one attached hydrogen (secondary N) is 5. The minimum atomic E-state index is -5.18. The number of phenolic OH excluding ortho intramolecular Hbond substituents is 1. The molecule has 0 aromatic heterocycles. The number of sulfone groups is 1. The molecule has 30 nitrogen and oxygen atoms in total. The molecule has 1 saturated carbocycles. The molecule has 4 aliphatic rings. The first-order chi connectivity index (χ1) is 47.0. The average molecular weight is 1450 g/mol. The van der Waals surface area contributed by atoms with Crippen molar-refractivity contribution >= 4 is 107 Å². The van der Waals surface area contributed by atoms with E-state index in [1.807, 2.05) is 0 Å². The van der Waals surface area contributed by atoms with E-state index < -0.39 is 178 Å². The van der Waals surface area contributed by atoms with E-state index >= 15 is 8.78 Å². The molecule has 1 unspecified atom stereocenters. The maximum Gasteiger partial charge on any atom is 0.336 e. The number of thioether (sulfide) groups is 1. The number of carbonyl (C=O) groups excluding carboxylic acids is 7. The molecule has 0 bridgehead atoms. The Balaban J connectivity index is 0.754. The molecule has 0 radical (unpaired) electrons. The van der Waals surface area contributed by atoms with Crippen LogP contribution in [0.5, 0.6) is 5.75 Å². The molecule has 3 aromatic rings. The Bertz CT molecular complexity index is 4100. The number of carbonyl (C=O) groups is 9. The number of halogens is 3. The molecule has 2 aliphatic heterocycles. The number of benzene rings is 4. The number of nitrogens with zero attached hydrogens (tertiary/aromatic N) is 1. The minimum absolute atomic E-state index is 0.0323. The molecule has 99 heavy (non-hydrogen) atoms. The number of imide groups is 1. The summed E-state index contributed by atoms with van der Waals surface area (Å²) in [5.74, 6) is -16.7. The molecule has 538 valence electrons. The van der Waals surface area contributed by atoms with E-state index in [-0.39, 0.29) is 99.7 Å². The van der Waals surface area contributed by atoms with Crippen molar-refractivity contribution in [1.29, 1.82) is 0 Å². The topological polar surface area (TPSA) is 465 Å². The largest absolute Gasteiger partial charge is 0.508 e. The number of phenols is 1. The smallest absolute Gasteiger partial charge is 0.336 e. The first-order valence-corrected chi connectivity index (χ1v) is 35.4. The second-order valence-corrected chi connectivity index (χ2v) is 27.8. The van der Waals surface area contributed by atoms with E-state index in [2.05, 4.69) is 26.6 Å². The van der Waals surface area contributed by atoms with Gasteiger partial charge in [-0.2, -0.15) is 0 Å². The van der Waals surface area contributed by atoms with E-state index in [0.717, 1.165) is 37.2 Å². The third-order valence-electron chi connectivity index (χ3n) is 15.6. The van der Waals surface area contributed by atoms with Crippen molar-refractivity contribution in [3.05, 3.63) is 87.8 Å². The van der Waals surface area contributed by atoms with Gasteiger partial charge in [0.2, 0.25) is 45.5 Å². The summed E-state index contributed by atoms with van der Waals surface area (Å²) in [6.07, 6.45) is 2.79. The van der Waals surface area contributed by atoms with Gasteiger partial charge in [-0.25, -0.2) is 49.6 Å². The quantitative estimate of drug-likeness (QED) is 0.0118. The van der Waals surface area contributed by atoms with Gasteiger partial charge >= 0.3 is 11.9 Å². The highest BCUT2D eigenvalue weighted by atomic mass is 32.2. The number of rotatable bonds is 37. The number of carboxylic acid groups (broad SMARTS) is 2. The van der Waals surface area contributed by atoms with Crippen LogP contribution in [-0.2, 0) is 77.2 Å². The Labute approximate surface area is 569 Å². The summed E-state index contributed by atoms with van der Waals surface area (Å²) < 4.78 is 124. The molecule has 1 saturated heterocycles. The normalized spacial score (nSPS) is 15.6. The number of hydrogen-bond donors (Lipinski definition) is 10. The van der Waals surface area contributed by atoms with Crippen molar-refractivity contribution < 1.29 is 112 Å². The number of ketones is 1. The molecule has 36 heteroatoms. The van der Waals surface area contributed by atoms with Crippen molar-refractivity contribution in [3.63, 3.8) is 0 Å². The zero-order valence-corrected chi connectivity index (χ0v) is 55.9. The molecule has 3 aromatic carbocycles. The summed E-state index contributed by atoms with van der Waals surface area (Å²) in [5.41, 5.74) is 4.92. The van der Waals surface area contributed by atoms with Crippen LogP contribution in [0.15, 0.2) is 73.6 Å². The number of primary sulfonamides is 1. The Morgan fingerprint density at radius 1 is 0.717 bits per heavy atom. The molecule has 4 atom stereocenters. The van der Waals surface area contributed by atoms with Crippen LogP contribution in [0.2, 0.25) is 0 Å². The lowest BCUT2D eigenvalue weighted by Crippen LogP contribution is -2.57. The van der Waals surface area contributed by atoms with Crippen LogP contribution in [0.4, 0.5) is 24.5 Å². The highest BCUT2D eigenvalue weighted by molar-refractivity contribution is 8.00. The lowest BCUT2D eigenvalue weighted by molar-refractivity contribution is -0.141. The van der Waals surface area contributed by atoms with Gasteiger partial charge in [-0.3, -0.25) is 38.4 Å². The summed E-state index contributed by atoms with van der Waals surface area (Å²) >= 11 is 0.703. The number of fused-ring (bicyclic) bond motifs is 2. The first-order valence-electron chi connectivity index (χ1n) is 31.2. The monoisotopic (exact) mass is 1450 g/mol. The fourth-order valence-electron chi connectivity index (χ4n) is 10.8. The van der Waals surface area contributed by atoms with Crippen molar-refractivity contribution in [1.82, 2.24) is 21.3 Å². The molecule has 12 N–H and O–H groups in total. The Kier molecular flexibility index (Phi) is 28.2. The van der Waals surface area contributed by atoms with E-state index in [1.165, 1.54) is 48.5 Å². The van der Waals surface area contributed by atoms with Crippen LogP contribution < -0.4 is 47.8 Å². The predicted octanol–water partition coefficient (Wildman–Crippen LogP) is 2.84. The van der Waals surface area contributed by atoms with E-state index in [1.54, 1.807) is 0 Å². The summed E-state index contributed by atoms with van der Waals surface area (Å²) in [7, 11) is -10.1. The van der Waals surface area contributed by atoms with Gasteiger partial charge in [0.25, 0.3) is 0 Å². The summed E-state index contributed by atoms with van der Waals surface area (Å²) in [6.45, 7) is 1.17. The zero-order valence-electron chi connectivity index (χ0n) is 53.4. The molecule has 2 fully saturated rings. The molecule has 2 heterocycles. The third-order valence-corrected chi connectivity index (χ3v) is 19.6. The number of sulfonamides is 1. The second kappa shape index (κ2) is 35.9. The van der Waals surface area contributed by atoms with Crippen molar-refractivity contribution in [2.45, 2.75) is 117 Å². The van der Waals surface area contributed by atoms with Gasteiger partial charge < -0.3 is 71.0 Å². The minimum Gasteiger partial charge on any atom is -0.508 e. The maximum absolute atomic E-state index is 15.7. The number of aromatic hydroxyl groups is 1. The lowest BCUT2D eigenvalue weighted by Gasteiger charge is -2.25. The number of ether oxygens (including phenoxy) is 4. The van der Waals surface area contributed by atoms with E-state index in [9.17, 15) is 84.5 Å². The molecule has 6 amide bonds. The number of aliphatic carboxylic acids is 1. The highest BCUT2D eigenvalue weighted by Gasteiger charge is 2.42. The van der Waals surface area contributed by atoms with Gasteiger partial charge in [-0.1, -0.05) is 38.2 Å². The van der Waals surface area contributed by atoms with Crippen molar-refractivity contribution in [2.75, 3.05) is 87.7 Å². The fourth-order valence-corrected chi connectivity index (χ4v) is 14.1. The Hall–Kier alpha value is -8.62. The van der Waals surface area contributed by atoms with Gasteiger partial charge in [-0.05, 0) is 61.7 Å². The number of aromatic carboxylic acids is 1. The second-order valence-electron chi connectivity index (χ2n) is 23.0. The van der Waals surface area contributed by atoms with Crippen LogP contribution in [0.3, 0.4) is 0 Å². The number of nitrogens with two attached hydrogens (primary N) is 2. The highest BCUT2D eigenvalue weighted by Crippen LogP contribution is 2.44. The van der Waals surface area contributed by atoms with Crippen LogP contribution in [0.25, 0.3) is 33.4 Å². The Morgan fingerprint density at radius 2 is 1.32 bits per heavy atom. The van der Waals surface area contributed by atoms with Crippen LogP contribution in [0, 0.1) is 17.5 Å². The molecule has 7 rings (SSSR count). The molecular weight excluding hydrogens is 1370 g/mol. The number of amides is 6. The SMILES string of the molecule is CC(=O)C[C@H](NC(=O)[C@@H](N)CNC(=O)CCOCCOCCOCCOCCNC(=O)CCS(=O)(=O)c1c(F)c(F)c(S(N)(=O)=O)c(F)c1NC1CCCCCCC1)C(=O)N[C@@H](CSC1CC(=O)N(c2ccc(-c3c4ccc(=O)cc-4oc4cc(O)ccc34)c(C(=O)O)c2)C1=O)C(=O)O. The van der Waals surface area contributed by atoms with Crippen LogP contribution in [0.1, 0.15) is 87.9 Å². The number of Topliss-reactive ketones (excluding diaryl/α,β-unsaturated/α-hetero) is 1. The van der Waals surface area contributed by atoms with Crippen molar-refractivity contribution in [2.24, 2.45) is 10.9 Å². The van der Waals surface area contributed by atoms with Gasteiger partial charge in [0.15, 0.2) is 37.6 Å². The van der Waals surface area contributed by atoms with Gasteiger partial charge in [0, 0.05) is 79.2 Å². The summed E-state index contributed by atoms with van der Waals surface area (Å²) in [6, 6.07) is 6.42. The maximum atomic E-state index is 15.7. The number of carboxylic acids is 2. The number of hydrogen-bond acceptors (Lipinski definition) is 23. The number of anilines is 2. The van der Waals surface area contributed by atoms with Crippen LogP contribution >= 0.6 is 11.8 Å². The van der Waals surface area contributed by atoms with E-state index in [4.69, 9.17) is 34.2 Å². The van der Waals surface area contributed by atoms with Crippen LogP contribution in [-0.4, -0.2) is 192 Å². The van der Waals surface area contributed by atoms with Gasteiger partial charge in [0.05, 0.1) is 80.8 Å². The van der Waals surface area contributed by atoms with Gasteiger partial charge in [0.1, 0.15) is 45.9 Å². The third kappa shape index (κ3) is 21.4. The average Bonchev–Trinajstić information content (AvgIpc) is 0.858. The molecule has 0 spiro atoms. The van der Waals surface area contributed by atoms with Crippen molar-refractivity contribution in [3.8, 4) is 28.2 Å². The molecule has 2 aliphatic carbocycles. The zero-order chi connectivity index (χ0) is 72.3. The lowest BCUT2D eigenvalue weighted by atomic mass is 9.90. The standard InChI is InChI=1S/C63H75F3N8O22S3/c1-34(75)27-44(60(82)73-45(63(86)87)33-97-48-31-51(80)74(61(48)83)36-9-12-39(42(28-36)62(84)85)52-40-13-10-37(76)29-46(40)96-47-30-38(77)11-14-41(47)52)72-59(81)43(67)32-70-49(78)15-18-92-20-22-94-24-25-95-23-21-93-19-17-69-50(79)16-26-98(88,89)58-54(65)53(64)57(99(68,90)91)55(66)56(58)71-35-7-5-3-2-4-6-8-35/h9-14,28-30,35,43-45,48,71,76H,2-8,15-27,31-33,67H2,1H3,(H,69,79)(H,70,78)(H,72,81)(H,73,82)(H,84,85)(H,86,87)(H2,68,90,91)/t43-,44-,45-,48?/m0/s1.